The molecule has 0 atom stereocenters. The number of thiophene rings is 1. The molecule has 33 heavy (non-hydrogen) atoms. The lowest BCUT2D eigenvalue weighted by Gasteiger charge is -2.31. The Hall–Kier alpha value is -2.07. The molecule has 1 aliphatic heterocycles. The van der Waals surface area contributed by atoms with Crippen LogP contribution in [0.15, 0.2) is 5.16 Å². The average molecular weight is 490 g/mol. The summed E-state index contributed by atoms with van der Waals surface area (Å²) in [5, 5.41) is 13.4. The van der Waals surface area contributed by atoms with Gasteiger partial charge in [0.05, 0.1) is 17.9 Å². The molecule has 2 aliphatic carbocycles. The van der Waals surface area contributed by atoms with Gasteiger partial charge in [-0.2, -0.15) is 0 Å². The number of nitrogens with one attached hydrogen (secondary N) is 1. The molecule has 10 heteroatoms. The van der Waals surface area contributed by atoms with Crippen molar-refractivity contribution in [3.63, 3.8) is 0 Å². The van der Waals surface area contributed by atoms with Gasteiger partial charge < -0.3 is 15.0 Å². The van der Waals surface area contributed by atoms with Crippen LogP contribution in [0.5, 0.6) is 0 Å². The monoisotopic (exact) mass is 489 g/mol. The van der Waals surface area contributed by atoms with Crippen molar-refractivity contribution in [2.75, 3.05) is 35.7 Å². The fourth-order valence-corrected chi connectivity index (χ4v) is 6.74. The van der Waals surface area contributed by atoms with Crippen molar-refractivity contribution in [3.8, 4) is 0 Å². The lowest BCUT2D eigenvalue weighted by molar-refractivity contribution is -0.113. The molecule has 2 aromatic heterocycles. The Balaban J connectivity index is 1.27. The molecular weight excluding hydrogens is 458 g/mol. The molecule has 1 N–H and O–H groups in total. The number of amides is 1. The molecule has 2 fully saturated rings. The average Bonchev–Trinajstić information content (AvgIpc) is 3.22. The van der Waals surface area contributed by atoms with Gasteiger partial charge in [-0.25, -0.2) is 4.79 Å². The van der Waals surface area contributed by atoms with Crippen molar-refractivity contribution in [2.45, 2.75) is 70.0 Å². The zero-order valence-corrected chi connectivity index (χ0v) is 20.9. The van der Waals surface area contributed by atoms with Crippen LogP contribution in [0.3, 0.4) is 0 Å². The van der Waals surface area contributed by atoms with Crippen LogP contribution in [-0.2, 0) is 22.4 Å². The number of carbonyl (C=O) groups is 2. The Morgan fingerprint density at radius 2 is 1.97 bits per heavy atom. The molecule has 0 spiro atoms. The fourth-order valence-electron chi connectivity index (χ4n) is 4.65. The maximum Gasteiger partial charge on any atom is 0.341 e. The molecule has 1 amide bonds. The van der Waals surface area contributed by atoms with Gasteiger partial charge in [-0.15, -0.1) is 21.5 Å². The summed E-state index contributed by atoms with van der Waals surface area (Å²) in [5.41, 5.74) is 1.60. The van der Waals surface area contributed by atoms with Gasteiger partial charge in [0.25, 0.3) is 0 Å². The van der Waals surface area contributed by atoms with E-state index in [1.54, 1.807) is 6.92 Å². The highest BCUT2D eigenvalue weighted by Gasteiger charge is 2.33. The molecule has 0 unspecified atom stereocenters. The molecule has 2 aromatic rings. The maximum absolute atomic E-state index is 12.8. The highest BCUT2D eigenvalue weighted by Crippen LogP contribution is 2.42. The van der Waals surface area contributed by atoms with Gasteiger partial charge in [0.1, 0.15) is 5.00 Å². The van der Waals surface area contributed by atoms with Crippen LogP contribution in [0, 0.1) is 5.92 Å². The molecule has 0 bridgehead atoms. The summed E-state index contributed by atoms with van der Waals surface area (Å²) in [6, 6.07) is 0.440. The molecule has 8 nitrogen and oxygen atoms in total. The van der Waals surface area contributed by atoms with E-state index < -0.39 is 0 Å². The molecule has 5 rings (SSSR count). The summed E-state index contributed by atoms with van der Waals surface area (Å²) < 4.78 is 7.50. The Morgan fingerprint density at radius 1 is 1.18 bits per heavy atom. The van der Waals surface area contributed by atoms with E-state index in [0.717, 1.165) is 67.8 Å². The van der Waals surface area contributed by atoms with Crippen molar-refractivity contribution in [3.05, 3.63) is 16.0 Å². The quantitative estimate of drug-likeness (QED) is 0.437. The second-order valence-corrected chi connectivity index (χ2v) is 11.2. The number of thioether (sulfide) groups is 1. The van der Waals surface area contributed by atoms with Crippen LogP contribution >= 0.6 is 23.1 Å². The Morgan fingerprint density at radius 3 is 2.70 bits per heavy atom. The van der Waals surface area contributed by atoms with Crippen LogP contribution in [0.1, 0.15) is 72.8 Å². The lowest BCUT2D eigenvalue weighted by atomic mass is 10.00. The topological polar surface area (TPSA) is 89.3 Å². The first kappa shape index (κ1) is 22.7. The van der Waals surface area contributed by atoms with Crippen molar-refractivity contribution >= 4 is 45.9 Å². The Bertz CT molecular complexity index is 1040. The Labute approximate surface area is 202 Å². The smallest absolute Gasteiger partial charge is 0.341 e. The van der Waals surface area contributed by atoms with E-state index in [4.69, 9.17) is 4.74 Å². The van der Waals surface area contributed by atoms with Gasteiger partial charge in [0, 0.05) is 24.0 Å². The van der Waals surface area contributed by atoms with E-state index >= 15 is 0 Å². The van der Waals surface area contributed by atoms with Gasteiger partial charge in [0.2, 0.25) is 11.9 Å². The number of ether oxygens (including phenoxy) is 1. The third kappa shape index (κ3) is 4.77. The van der Waals surface area contributed by atoms with Crippen LogP contribution in [-0.4, -0.2) is 52.1 Å². The predicted octanol–water partition coefficient (Wildman–Crippen LogP) is 4.31. The minimum absolute atomic E-state index is 0.135. The van der Waals surface area contributed by atoms with E-state index in [1.807, 2.05) is 0 Å². The number of anilines is 2. The first-order valence-corrected chi connectivity index (χ1v) is 13.8. The number of carbonyl (C=O) groups excluding carboxylic acids is 2. The summed E-state index contributed by atoms with van der Waals surface area (Å²) in [6.45, 7) is 6.45. The number of esters is 1. The molecule has 0 aromatic carbocycles. The van der Waals surface area contributed by atoms with E-state index in [1.165, 1.54) is 40.8 Å². The molecule has 1 saturated carbocycles. The van der Waals surface area contributed by atoms with Crippen molar-refractivity contribution < 1.29 is 14.3 Å². The van der Waals surface area contributed by atoms with Crippen molar-refractivity contribution in [1.82, 2.24) is 14.8 Å². The highest BCUT2D eigenvalue weighted by molar-refractivity contribution is 7.99. The molecule has 1 saturated heterocycles. The minimum atomic E-state index is -0.339. The van der Waals surface area contributed by atoms with Crippen LogP contribution in [0.2, 0.25) is 0 Å². The second-order valence-electron chi connectivity index (χ2n) is 9.17. The summed E-state index contributed by atoms with van der Waals surface area (Å²) in [5.74, 6) is 1.46. The van der Waals surface area contributed by atoms with Gasteiger partial charge in [-0.05, 0) is 63.4 Å². The van der Waals surface area contributed by atoms with Crippen molar-refractivity contribution in [1.29, 1.82) is 0 Å². The summed E-state index contributed by atoms with van der Waals surface area (Å²) >= 11 is 2.93. The van der Waals surface area contributed by atoms with Crippen LogP contribution in [0.25, 0.3) is 0 Å². The van der Waals surface area contributed by atoms with Gasteiger partial charge >= 0.3 is 5.97 Å². The third-order valence-electron chi connectivity index (χ3n) is 6.61. The summed E-state index contributed by atoms with van der Waals surface area (Å²) in [4.78, 5) is 28.9. The first-order chi connectivity index (χ1) is 16.0. The normalized spacial score (nSPS) is 18.4. The van der Waals surface area contributed by atoms with Crippen molar-refractivity contribution in [2.24, 2.45) is 5.92 Å². The zero-order chi connectivity index (χ0) is 22.9. The van der Waals surface area contributed by atoms with E-state index in [-0.39, 0.29) is 17.6 Å². The standard InChI is InChI=1S/C23H31N5O3S2/c1-3-31-21(30)19-16-5-4-6-17(16)33-20(19)24-18(29)13-32-23-26-25-22(28(23)15-7-8-15)27-11-9-14(2)10-12-27/h14-15H,3-13H2,1-2H3,(H,24,29). The fraction of sp³-hybridized carbons (Fsp3) is 0.652. The van der Waals surface area contributed by atoms with Gasteiger partial charge in [0.15, 0.2) is 5.16 Å². The minimum Gasteiger partial charge on any atom is -0.462 e. The number of hydrogen-bond donors (Lipinski definition) is 1. The van der Waals surface area contributed by atoms with Gasteiger partial charge in [-0.3, -0.25) is 9.36 Å². The third-order valence-corrected chi connectivity index (χ3v) is 8.76. The largest absolute Gasteiger partial charge is 0.462 e. The number of fused-ring (bicyclic) bond motifs is 1. The first-order valence-electron chi connectivity index (χ1n) is 12.0. The number of aromatic nitrogens is 3. The number of aryl methyl sites for hydroxylation is 1. The highest BCUT2D eigenvalue weighted by atomic mass is 32.2. The predicted molar refractivity (Wildman–Crippen MR) is 131 cm³/mol. The van der Waals surface area contributed by atoms with Gasteiger partial charge in [-0.1, -0.05) is 18.7 Å². The molecule has 3 heterocycles. The number of nitrogens with zero attached hydrogens (tertiary/aromatic N) is 4. The van der Waals surface area contributed by atoms with E-state index in [2.05, 4.69) is 31.9 Å². The summed E-state index contributed by atoms with van der Waals surface area (Å²) in [6.07, 6.45) is 7.50. The van der Waals surface area contributed by atoms with Crippen LogP contribution < -0.4 is 10.2 Å². The zero-order valence-electron chi connectivity index (χ0n) is 19.3. The Kier molecular flexibility index (Phi) is 6.65. The van der Waals surface area contributed by atoms with Crippen LogP contribution in [0.4, 0.5) is 10.9 Å². The van der Waals surface area contributed by atoms with E-state index in [9.17, 15) is 9.59 Å². The number of piperidine rings is 1. The molecular formula is C23H31N5O3S2. The SMILES string of the molecule is CCOC(=O)c1c(NC(=O)CSc2nnc(N3CCC(C)CC3)n2C2CC2)sc2c1CCC2. The van der Waals surface area contributed by atoms with E-state index in [0.29, 0.717) is 23.2 Å². The summed E-state index contributed by atoms with van der Waals surface area (Å²) in [7, 11) is 0. The molecule has 0 radical (unpaired) electrons. The number of hydrogen-bond acceptors (Lipinski definition) is 8. The lowest BCUT2D eigenvalue weighted by Crippen LogP contribution is -2.34. The second kappa shape index (κ2) is 9.66. The molecule has 3 aliphatic rings. The molecule has 178 valence electrons. The maximum atomic E-state index is 12.8. The number of rotatable bonds is 8.